The number of aromatic nitrogens is 1. The van der Waals surface area contributed by atoms with Gasteiger partial charge in [-0.05, 0) is 12.1 Å². The van der Waals surface area contributed by atoms with E-state index in [2.05, 4.69) is 15.6 Å². The van der Waals surface area contributed by atoms with Crippen LogP contribution in [0.3, 0.4) is 0 Å². The summed E-state index contributed by atoms with van der Waals surface area (Å²) in [5, 5.41) is 8.93. The minimum Gasteiger partial charge on any atom is -0.383 e. The van der Waals surface area contributed by atoms with Crippen LogP contribution in [0.25, 0.3) is 10.6 Å². The number of rotatable bonds is 7. The molecule has 2 aromatic rings. The summed E-state index contributed by atoms with van der Waals surface area (Å²) in [4.78, 5) is 17.7. The molecular weight excluding hydrogens is 294 g/mol. The summed E-state index contributed by atoms with van der Waals surface area (Å²) in [5.74, 6) is -0.0155. The van der Waals surface area contributed by atoms with E-state index in [1.807, 2.05) is 17.5 Å². The van der Waals surface area contributed by atoms with Crippen LogP contribution in [0.15, 0.2) is 17.5 Å². The highest BCUT2D eigenvalue weighted by molar-refractivity contribution is 7.17. The first-order valence-corrected chi connectivity index (χ1v) is 7.90. The molecule has 0 spiro atoms. The summed E-state index contributed by atoms with van der Waals surface area (Å²) in [6.07, 6.45) is 0. The van der Waals surface area contributed by atoms with Gasteiger partial charge in [-0.3, -0.25) is 4.79 Å². The minimum absolute atomic E-state index is 0.0155. The van der Waals surface area contributed by atoms with Gasteiger partial charge in [0.25, 0.3) is 0 Å². The molecule has 108 valence electrons. The lowest BCUT2D eigenvalue weighted by molar-refractivity contribution is -0.119. The standard InChI is InChI=1S/C13H17N3O2S2/c1-9(17)15-7-10-3-4-12(20-10)11-8-19-13(16-11)14-5-6-18-2/h3-4,8H,5-7H2,1-2H3,(H,14,16)(H,15,17). The van der Waals surface area contributed by atoms with Crippen LogP contribution in [0.4, 0.5) is 5.13 Å². The minimum atomic E-state index is -0.0155. The van der Waals surface area contributed by atoms with Gasteiger partial charge in [-0.2, -0.15) is 0 Å². The van der Waals surface area contributed by atoms with Crippen LogP contribution < -0.4 is 10.6 Å². The number of ether oxygens (including phenoxy) is 1. The van der Waals surface area contributed by atoms with Gasteiger partial charge in [0.05, 0.1) is 23.7 Å². The van der Waals surface area contributed by atoms with Gasteiger partial charge < -0.3 is 15.4 Å². The molecular formula is C13H17N3O2S2. The first-order valence-electron chi connectivity index (χ1n) is 6.21. The van der Waals surface area contributed by atoms with Crippen molar-refractivity contribution in [2.75, 3.05) is 25.6 Å². The van der Waals surface area contributed by atoms with E-state index in [1.165, 1.54) is 6.92 Å². The second-order valence-electron chi connectivity index (χ2n) is 4.13. The molecule has 0 unspecified atom stereocenters. The Morgan fingerprint density at radius 1 is 1.45 bits per heavy atom. The van der Waals surface area contributed by atoms with Crippen molar-refractivity contribution in [1.29, 1.82) is 0 Å². The van der Waals surface area contributed by atoms with Crippen LogP contribution in [0.2, 0.25) is 0 Å². The molecule has 5 nitrogen and oxygen atoms in total. The fourth-order valence-electron chi connectivity index (χ4n) is 1.55. The van der Waals surface area contributed by atoms with E-state index in [-0.39, 0.29) is 5.91 Å². The number of thiophene rings is 1. The van der Waals surface area contributed by atoms with Crippen LogP contribution in [0.5, 0.6) is 0 Å². The van der Waals surface area contributed by atoms with E-state index in [9.17, 15) is 4.79 Å². The third kappa shape index (κ3) is 4.29. The number of hydrogen-bond donors (Lipinski definition) is 2. The number of thiazole rings is 1. The molecule has 2 heterocycles. The number of amides is 1. The maximum atomic E-state index is 10.9. The lowest BCUT2D eigenvalue weighted by Gasteiger charge is -1.99. The van der Waals surface area contributed by atoms with E-state index in [0.29, 0.717) is 13.2 Å². The molecule has 1 amide bonds. The van der Waals surface area contributed by atoms with Crippen molar-refractivity contribution in [3.63, 3.8) is 0 Å². The fraction of sp³-hybridized carbons (Fsp3) is 0.385. The van der Waals surface area contributed by atoms with Crippen molar-refractivity contribution in [3.05, 3.63) is 22.4 Å². The van der Waals surface area contributed by atoms with E-state index >= 15 is 0 Å². The summed E-state index contributed by atoms with van der Waals surface area (Å²) in [6, 6.07) is 4.06. The summed E-state index contributed by atoms with van der Waals surface area (Å²) < 4.78 is 4.99. The van der Waals surface area contributed by atoms with Gasteiger partial charge in [0.1, 0.15) is 0 Å². The molecule has 0 atom stereocenters. The van der Waals surface area contributed by atoms with Gasteiger partial charge in [-0.25, -0.2) is 4.98 Å². The van der Waals surface area contributed by atoms with Gasteiger partial charge in [0.2, 0.25) is 5.91 Å². The third-order valence-electron chi connectivity index (χ3n) is 2.51. The molecule has 20 heavy (non-hydrogen) atoms. The van der Waals surface area contributed by atoms with Crippen molar-refractivity contribution in [2.24, 2.45) is 0 Å². The smallest absolute Gasteiger partial charge is 0.217 e. The predicted octanol–water partition coefficient (Wildman–Crippen LogP) is 2.57. The highest BCUT2D eigenvalue weighted by atomic mass is 32.1. The molecule has 0 aliphatic rings. The van der Waals surface area contributed by atoms with Crippen molar-refractivity contribution >= 4 is 33.7 Å². The van der Waals surface area contributed by atoms with Crippen LogP contribution >= 0.6 is 22.7 Å². The van der Waals surface area contributed by atoms with Gasteiger partial charge in [-0.1, -0.05) is 0 Å². The number of carbonyl (C=O) groups is 1. The molecule has 2 N–H and O–H groups in total. The van der Waals surface area contributed by atoms with Gasteiger partial charge in [0, 0.05) is 30.8 Å². The lowest BCUT2D eigenvalue weighted by atomic mass is 10.3. The molecule has 0 aliphatic heterocycles. The Morgan fingerprint density at radius 2 is 2.30 bits per heavy atom. The lowest BCUT2D eigenvalue weighted by Crippen LogP contribution is -2.17. The summed E-state index contributed by atoms with van der Waals surface area (Å²) in [7, 11) is 1.68. The van der Waals surface area contributed by atoms with Crippen LogP contribution in [-0.4, -0.2) is 31.2 Å². The quantitative estimate of drug-likeness (QED) is 0.772. The normalized spacial score (nSPS) is 10.5. The second-order valence-corrected chi connectivity index (χ2v) is 6.16. The number of nitrogens with one attached hydrogen (secondary N) is 2. The SMILES string of the molecule is COCCNc1nc(-c2ccc(CNC(C)=O)s2)cs1. The van der Waals surface area contributed by atoms with E-state index < -0.39 is 0 Å². The zero-order chi connectivity index (χ0) is 14.4. The Balaban J connectivity index is 1.95. The second kappa shape index (κ2) is 7.37. The summed E-state index contributed by atoms with van der Waals surface area (Å²) in [5.41, 5.74) is 0.967. The average molecular weight is 311 g/mol. The monoisotopic (exact) mass is 311 g/mol. The number of hydrogen-bond acceptors (Lipinski definition) is 6. The number of carbonyl (C=O) groups excluding carboxylic acids is 1. The number of methoxy groups -OCH3 is 1. The zero-order valence-corrected chi connectivity index (χ0v) is 13.1. The van der Waals surface area contributed by atoms with Gasteiger partial charge >= 0.3 is 0 Å². The van der Waals surface area contributed by atoms with Crippen molar-refractivity contribution in [3.8, 4) is 10.6 Å². The molecule has 2 aromatic heterocycles. The maximum absolute atomic E-state index is 10.9. The highest BCUT2D eigenvalue weighted by Gasteiger charge is 2.07. The molecule has 0 fully saturated rings. The maximum Gasteiger partial charge on any atom is 0.217 e. The first kappa shape index (κ1) is 15.0. The van der Waals surface area contributed by atoms with E-state index in [1.54, 1.807) is 29.8 Å². The first-order chi connectivity index (χ1) is 9.69. The zero-order valence-electron chi connectivity index (χ0n) is 11.4. The van der Waals surface area contributed by atoms with Crippen LogP contribution in [-0.2, 0) is 16.1 Å². The highest BCUT2D eigenvalue weighted by Crippen LogP contribution is 2.30. The molecule has 0 saturated heterocycles. The van der Waals surface area contributed by atoms with Gasteiger partial charge in [0.15, 0.2) is 5.13 Å². The number of nitrogens with zero attached hydrogens (tertiary/aromatic N) is 1. The topological polar surface area (TPSA) is 63.2 Å². The summed E-state index contributed by atoms with van der Waals surface area (Å²) >= 11 is 3.23. The molecule has 0 aliphatic carbocycles. The molecule has 0 saturated carbocycles. The molecule has 2 rings (SSSR count). The van der Waals surface area contributed by atoms with E-state index in [4.69, 9.17) is 4.74 Å². The van der Waals surface area contributed by atoms with Crippen LogP contribution in [0, 0.1) is 0 Å². The van der Waals surface area contributed by atoms with Crippen molar-refractivity contribution in [2.45, 2.75) is 13.5 Å². The Kier molecular flexibility index (Phi) is 5.51. The Hall–Kier alpha value is -1.44. The Labute approximate surface area is 126 Å². The predicted molar refractivity (Wildman–Crippen MR) is 83.3 cm³/mol. The largest absolute Gasteiger partial charge is 0.383 e. The number of anilines is 1. The Morgan fingerprint density at radius 3 is 3.05 bits per heavy atom. The average Bonchev–Trinajstić information content (AvgIpc) is 3.05. The molecule has 0 bridgehead atoms. The van der Waals surface area contributed by atoms with Gasteiger partial charge in [-0.15, -0.1) is 22.7 Å². The summed E-state index contributed by atoms with van der Waals surface area (Å²) in [6.45, 7) is 3.51. The molecule has 0 radical (unpaired) electrons. The van der Waals surface area contributed by atoms with Crippen molar-refractivity contribution < 1.29 is 9.53 Å². The van der Waals surface area contributed by atoms with Crippen molar-refractivity contribution in [1.82, 2.24) is 10.3 Å². The van der Waals surface area contributed by atoms with Crippen LogP contribution in [0.1, 0.15) is 11.8 Å². The Bertz CT molecular complexity index is 565. The molecule has 7 heteroatoms. The van der Waals surface area contributed by atoms with E-state index in [0.717, 1.165) is 27.1 Å². The third-order valence-corrected chi connectivity index (χ3v) is 4.42. The fourth-order valence-corrected chi connectivity index (χ4v) is 3.27. The molecule has 0 aromatic carbocycles.